The standard InChI is InChI=1S/C15H22FN3O/c1-18-4-6-19(7-5-18)9-11-10-20-14-3-2-12(16)8-13(14)15(11)17/h2-3,8,11,15H,4-7,9-10,17H2,1H3. The number of rotatable bonds is 2. The van der Waals surface area contributed by atoms with Gasteiger partial charge < -0.3 is 20.3 Å². The predicted octanol–water partition coefficient (Wildman–Crippen LogP) is 1.08. The van der Waals surface area contributed by atoms with Gasteiger partial charge in [0.15, 0.2) is 0 Å². The molecule has 2 aliphatic rings. The summed E-state index contributed by atoms with van der Waals surface area (Å²) in [6.07, 6.45) is 0. The molecule has 3 rings (SSSR count). The van der Waals surface area contributed by atoms with Crippen LogP contribution in [0.15, 0.2) is 18.2 Å². The maximum absolute atomic E-state index is 13.4. The molecule has 0 amide bonds. The summed E-state index contributed by atoms with van der Waals surface area (Å²) in [4.78, 5) is 4.76. The number of hydrogen-bond donors (Lipinski definition) is 1. The van der Waals surface area contributed by atoms with Crippen molar-refractivity contribution in [2.24, 2.45) is 11.7 Å². The Morgan fingerprint density at radius 2 is 2.05 bits per heavy atom. The molecule has 0 bridgehead atoms. The van der Waals surface area contributed by atoms with Crippen LogP contribution < -0.4 is 10.5 Å². The van der Waals surface area contributed by atoms with Gasteiger partial charge in [-0.05, 0) is 25.2 Å². The lowest BCUT2D eigenvalue weighted by atomic mass is 9.90. The van der Waals surface area contributed by atoms with Crippen LogP contribution in [0.1, 0.15) is 11.6 Å². The van der Waals surface area contributed by atoms with E-state index in [1.165, 1.54) is 12.1 Å². The Morgan fingerprint density at radius 3 is 2.80 bits per heavy atom. The number of nitrogens with two attached hydrogens (primary N) is 1. The first-order valence-electron chi connectivity index (χ1n) is 7.22. The number of piperazine rings is 1. The highest BCUT2D eigenvalue weighted by Crippen LogP contribution is 2.34. The summed E-state index contributed by atoms with van der Waals surface area (Å²) in [6, 6.07) is 4.47. The Labute approximate surface area is 119 Å². The van der Waals surface area contributed by atoms with Crippen molar-refractivity contribution < 1.29 is 9.13 Å². The lowest BCUT2D eigenvalue weighted by Gasteiger charge is -2.38. The van der Waals surface area contributed by atoms with Crippen molar-refractivity contribution in [1.82, 2.24) is 9.80 Å². The topological polar surface area (TPSA) is 41.7 Å². The van der Waals surface area contributed by atoms with Gasteiger partial charge in [-0.15, -0.1) is 0 Å². The number of benzene rings is 1. The fraction of sp³-hybridized carbons (Fsp3) is 0.600. The second-order valence-electron chi connectivity index (χ2n) is 5.88. The molecular weight excluding hydrogens is 257 g/mol. The van der Waals surface area contributed by atoms with Crippen molar-refractivity contribution in [3.05, 3.63) is 29.6 Å². The van der Waals surface area contributed by atoms with Crippen LogP contribution in [0.25, 0.3) is 0 Å². The second kappa shape index (κ2) is 5.68. The Kier molecular flexibility index (Phi) is 3.92. The minimum absolute atomic E-state index is 0.144. The number of hydrogen-bond acceptors (Lipinski definition) is 4. The van der Waals surface area contributed by atoms with E-state index in [1.54, 1.807) is 6.07 Å². The van der Waals surface area contributed by atoms with Gasteiger partial charge in [0, 0.05) is 50.2 Å². The molecule has 1 saturated heterocycles. The highest BCUT2D eigenvalue weighted by Gasteiger charge is 2.30. The Bertz CT molecular complexity index is 474. The van der Waals surface area contributed by atoms with E-state index in [4.69, 9.17) is 10.5 Å². The molecule has 0 aliphatic carbocycles. The molecule has 0 spiro atoms. The molecule has 110 valence electrons. The molecule has 2 aliphatic heterocycles. The number of ether oxygens (including phenoxy) is 1. The zero-order chi connectivity index (χ0) is 14.1. The predicted molar refractivity (Wildman–Crippen MR) is 76.3 cm³/mol. The van der Waals surface area contributed by atoms with Gasteiger partial charge in [-0.3, -0.25) is 0 Å². The van der Waals surface area contributed by atoms with Gasteiger partial charge in [-0.2, -0.15) is 0 Å². The van der Waals surface area contributed by atoms with Crippen LogP contribution in [0, 0.1) is 11.7 Å². The average molecular weight is 279 g/mol. The summed E-state index contributed by atoms with van der Waals surface area (Å²) >= 11 is 0. The molecule has 2 heterocycles. The number of halogens is 1. The fourth-order valence-electron chi connectivity index (χ4n) is 2.99. The van der Waals surface area contributed by atoms with Crippen molar-refractivity contribution in [2.45, 2.75) is 6.04 Å². The van der Waals surface area contributed by atoms with Gasteiger partial charge in [0.05, 0.1) is 6.61 Å². The van der Waals surface area contributed by atoms with E-state index in [-0.39, 0.29) is 17.8 Å². The first kappa shape index (κ1) is 13.8. The molecule has 2 atom stereocenters. The van der Waals surface area contributed by atoms with Gasteiger partial charge in [0.1, 0.15) is 11.6 Å². The Hall–Kier alpha value is -1.17. The molecule has 1 aromatic rings. The van der Waals surface area contributed by atoms with Gasteiger partial charge in [0.2, 0.25) is 0 Å². The minimum Gasteiger partial charge on any atom is -0.493 e. The van der Waals surface area contributed by atoms with Crippen molar-refractivity contribution in [1.29, 1.82) is 0 Å². The SMILES string of the molecule is CN1CCN(CC2COc3ccc(F)cc3C2N)CC1. The average Bonchev–Trinajstić information content (AvgIpc) is 2.45. The van der Waals surface area contributed by atoms with E-state index in [9.17, 15) is 4.39 Å². The molecule has 1 aromatic carbocycles. The quantitative estimate of drug-likeness (QED) is 0.879. The zero-order valence-corrected chi connectivity index (χ0v) is 11.9. The summed E-state index contributed by atoms with van der Waals surface area (Å²) < 4.78 is 19.1. The van der Waals surface area contributed by atoms with Crippen LogP contribution in [0.2, 0.25) is 0 Å². The normalized spacial score (nSPS) is 27.9. The lowest BCUT2D eigenvalue weighted by Crippen LogP contribution is -2.48. The molecule has 2 unspecified atom stereocenters. The Morgan fingerprint density at radius 1 is 1.30 bits per heavy atom. The van der Waals surface area contributed by atoms with Gasteiger partial charge in [0.25, 0.3) is 0 Å². The minimum atomic E-state index is -0.247. The zero-order valence-electron chi connectivity index (χ0n) is 11.9. The number of fused-ring (bicyclic) bond motifs is 1. The van der Waals surface area contributed by atoms with Crippen LogP contribution in [0.5, 0.6) is 5.75 Å². The van der Waals surface area contributed by atoms with E-state index in [0.29, 0.717) is 6.61 Å². The lowest BCUT2D eigenvalue weighted by molar-refractivity contribution is 0.0996. The summed E-state index contributed by atoms with van der Waals surface area (Å²) in [7, 11) is 2.14. The summed E-state index contributed by atoms with van der Waals surface area (Å²) in [5, 5.41) is 0. The van der Waals surface area contributed by atoms with E-state index >= 15 is 0 Å². The summed E-state index contributed by atoms with van der Waals surface area (Å²) in [5.41, 5.74) is 7.12. The third-order valence-corrected chi connectivity index (χ3v) is 4.38. The van der Waals surface area contributed by atoms with E-state index in [1.807, 2.05) is 0 Å². The Balaban J connectivity index is 1.67. The van der Waals surface area contributed by atoms with E-state index in [2.05, 4.69) is 16.8 Å². The molecule has 2 N–H and O–H groups in total. The second-order valence-corrected chi connectivity index (χ2v) is 5.88. The first-order chi connectivity index (χ1) is 9.63. The first-order valence-corrected chi connectivity index (χ1v) is 7.22. The van der Waals surface area contributed by atoms with Crippen LogP contribution >= 0.6 is 0 Å². The molecule has 0 saturated carbocycles. The number of nitrogens with zero attached hydrogens (tertiary/aromatic N) is 2. The third-order valence-electron chi connectivity index (χ3n) is 4.38. The van der Waals surface area contributed by atoms with Crippen LogP contribution in [-0.4, -0.2) is 56.2 Å². The van der Waals surface area contributed by atoms with Gasteiger partial charge in [-0.25, -0.2) is 4.39 Å². The molecular formula is C15H22FN3O. The molecule has 1 fully saturated rings. The molecule has 0 radical (unpaired) electrons. The summed E-state index contributed by atoms with van der Waals surface area (Å²) in [5.74, 6) is 0.712. The monoisotopic (exact) mass is 279 g/mol. The third kappa shape index (κ3) is 2.80. The van der Waals surface area contributed by atoms with Gasteiger partial charge >= 0.3 is 0 Å². The molecule has 20 heavy (non-hydrogen) atoms. The number of likely N-dealkylation sites (N-methyl/N-ethyl adjacent to an activating group) is 1. The van der Waals surface area contributed by atoms with Gasteiger partial charge in [-0.1, -0.05) is 0 Å². The van der Waals surface area contributed by atoms with E-state index in [0.717, 1.165) is 44.0 Å². The molecule has 5 heteroatoms. The molecule has 4 nitrogen and oxygen atoms in total. The van der Waals surface area contributed by atoms with Crippen LogP contribution in [0.4, 0.5) is 4.39 Å². The smallest absolute Gasteiger partial charge is 0.124 e. The highest BCUT2D eigenvalue weighted by molar-refractivity contribution is 5.38. The van der Waals surface area contributed by atoms with Crippen molar-refractivity contribution in [3.63, 3.8) is 0 Å². The van der Waals surface area contributed by atoms with E-state index < -0.39 is 0 Å². The molecule has 0 aromatic heterocycles. The van der Waals surface area contributed by atoms with Crippen molar-refractivity contribution >= 4 is 0 Å². The highest BCUT2D eigenvalue weighted by atomic mass is 19.1. The largest absolute Gasteiger partial charge is 0.493 e. The van der Waals surface area contributed by atoms with Crippen LogP contribution in [-0.2, 0) is 0 Å². The van der Waals surface area contributed by atoms with Crippen LogP contribution in [0.3, 0.4) is 0 Å². The maximum Gasteiger partial charge on any atom is 0.124 e. The fourth-order valence-corrected chi connectivity index (χ4v) is 2.99. The summed E-state index contributed by atoms with van der Waals surface area (Å²) in [6.45, 7) is 5.85. The van der Waals surface area contributed by atoms with Crippen molar-refractivity contribution in [3.8, 4) is 5.75 Å². The van der Waals surface area contributed by atoms with Crippen molar-refractivity contribution in [2.75, 3.05) is 46.4 Å². The maximum atomic E-state index is 13.4.